The van der Waals surface area contributed by atoms with Crippen LogP contribution in [0.2, 0.25) is 0 Å². The highest BCUT2D eigenvalue weighted by atomic mass is 16.5. The largest absolute Gasteiger partial charge is 0.461 e. The molecule has 0 atom stereocenters. The summed E-state index contributed by atoms with van der Waals surface area (Å²) in [5, 5.41) is 7.12. The molecule has 0 radical (unpaired) electrons. The first-order chi connectivity index (χ1) is 17.4. The van der Waals surface area contributed by atoms with Crippen LogP contribution in [-0.2, 0) is 11.3 Å². The third kappa shape index (κ3) is 4.30. The molecule has 1 fully saturated rings. The molecule has 1 amide bonds. The van der Waals surface area contributed by atoms with E-state index in [4.69, 9.17) is 4.74 Å². The zero-order chi connectivity index (χ0) is 25.4. The van der Waals surface area contributed by atoms with Gasteiger partial charge in [0.2, 0.25) is 0 Å². The number of aromatic nitrogens is 5. The van der Waals surface area contributed by atoms with Crippen molar-refractivity contribution in [2.45, 2.75) is 39.2 Å². The second kappa shape index (κ2) is 9.25. The number of anilines is 1. The molecular formula is C25H24N6O5. The van der Waals surface area contributed by atoms with Crippen molar-refractivity contribution in [2.24, 2.45) is 0 Å². The second-order valence-corrected chi connectivity index (χ2v) is 8.44. The van der Waals surface area contributed by atoms with E-state index in [0.29, 0.717) is 23.6 Å². The first-order valence-electron chi connectivity index (χ1n) is 11.7. The molecule has 0 unspecified atom stereocenters. The van der Waals surface area contributed by atoms with Gasteiger partial charge >= 0.3 is 11.7 Å². The number of amides is 1. The summed E-state index contributed by atoms with van der Waals surface area (Å²) in [6.07, 6.45) is 3.54. The SMILES string of the molecule is CCOC(=O)c1ccn(-c2ccc(NC(=O)c3cc(C4CC4)nc4c3c(=O)[nH]c(=O)n4CC)cc2)n1. The van der Waals surface area contributed by atoms with E-state index >= 15 is 0 Å². The average molecular weight is 489 g/mol. The fraction of sp³-hybridized carbons (Fsp3) is 0.280. The lowest BCUT2D eigenvalue weighted by molar-refractivity contribution is 0.0519. The van der Waals surface area contributed by atoms with Crippen LogP contribution < -0.4 is 16.6 Å². The van der Waals surface area contributed by atoms with Crippen LogP contribution in [0, 0.1) is 0 Å². The number of aryl methyl sites for hydroxylation is 1. The van der Waals surface area contributed by atoms with Gasteiger partial charge in [0, 0.05) is 30.0 Å². The number of nitrogens with zero attached hydrogens (tertiary/aromatic N) is 4. The van der Waals surface area contributed by atoms with Gasteiger partial charge < -0.3 is 10.1 Å². The second-order valence-electron chi connectivity index (χ2n) is 8.44. The third-order valence-corrected chi connectivity index (χ3v) is 5.99. The number of nitrogens with one attached hydrogen (secondary N) is 2. The number of esters is 1. The maximum atomic E-state index is 13.3. The Hall–Kier alpha value is -4.54. The molecule has 0 saturated heterocycles. The number of carbonyl (C=O) groups is 2. The summed E-state index contributed by atoms with van der Waals surface area (Å²) >= 11 is 0. The van der Waals surface area contributed by atoms with E-state index in [-0.39, 0.29) is 34.8 Å². The Kier molecular flexibility index (Phi) is 5.96. The van der Waals surface area contributed by atoms with E-state index < -0.39 is 23.1 Å². The molecule has 11 nitrogen and oxygen atoms in total. The highest BCUT2D eigenvalue weighted by Gasteiger charge is 2.28. The zero-order valence-electron chi connectivity index (χ0n) is 19.8. The number of hydrogen-bond acceptors (Lipinski definition) is 7. The van der Waals surface area contributed by atoms with Crippen LogP contribution in [0.15, 0.2) is 52.2 Å². The molecule has 36 heavy (non-hydrogen) atoms. The van der Waals surface area contributed by atoms with Crippen LogP contribution in [0.5, 0.6) is 0 Å². The maximum Gasteiger partial charge on any atom is 0.358 e. The Morgan fingerprint density at radius 3 is 2.56 bits per heavy atom. The summed E-state index contributed by atoms with van der Waals surface area (Å²) < 4.78 is 7.85. The van der Waals surface area contributed by atoms with Gasteiger partial charge in [-0.2, -0.15) is 5.10 Å². The van der Waals surface area contributed by atoms with E-state index in [0.717, 1.165) is 12.8 Å². The Bertz CT molecular complexity index is 1590. The number of H-pyrrole nitrogens is 1. The Balaban J connectivity index is 1.45. The van der Waals surface area contributed by atoms with Crippen molar-refractivity contribution in [2.75, 3.05) is 11.9 Å². The number of hydrogen-bond donors (Lipinski definition) is 2. The van der Waals surface area contributed by atoms with Gasteiger partial charge in [0.15, 0.2) is 11.3 Å². The predicted octanol–water partition coefficient (Wildman–Crippen LogP) is 2.60. The number of carbonyl (C=O) groups excluding carboxylic acids is 2. The van der Waals surface area contributed by atoms with Crippen molar-refractivity contribution in [3.8, 4) is 5.69 Å². The molecule has 1 aromatic carbocycles. The first kappa shape index (κ1) is 23.2. The van der Waals surface area contributed by atoms with Crippen molar-refractivity contribution in [3.05, 3.63) is 80.4 Å². The molecule has 1 aliphatic rings. The monoisotopic (exact) mass is 488 g/mol. The molecule has 5 rings (SSSR count). The number of pyridine rings is 1. The summed E-state index contributed by atoms with van der Waals surface area (Å²) in [4.78, 5) is 57.0. The molecule has 3 aromatic heterocycles. The fourth-order valence-electron chi connectivity index (χ4n) is 4.03. The maximum absolute atomic E-state index is 13.3. The average Bonchev–Trinajstić information content (AvgIpc) is 3.60. The number of benzene rings is 1. The number of fused-ring (bicyclic) bond motifs is 1. The van der Waals surface area contributed by atoms with Gasteiger partial charge in [0.1, 0.15) is 0 Å². The van der Waals surface area contributed by atoms with Crippen LogP contribution in [0.1, 0.15) is 59.1 Å². The van der Waals surface area contributed by atoms with Gasteiger partial charge in [0.25, 0.3) is 11.5 Å². The summed E-state index contributed by atoms with van der Waals surface area (Å²) in [6, 6.07) is 10.1. The predicted molar refractivity (Wildman–Crippen MR) is 132 cm³/mol. The standard InChI is InChI=1S/C25H24N6O5/c1-3-30-21-20(23(33)28-25(30)35)17(13-19(27-21)14-5-6-14)22(32)26-15-7-9-16(10-8-15)31-12-11-18(29-31)24(34)36-4-2/h7-14H,3-6H2,1-2H3,(H,26,32)(H,28,33,35). The van der Waals surface area contributed by atoms with Crippen LogP contribution in [-0.4, -0.2) is 42.8 Å². The van der Waals surface area contributed by atoms with E-state index in [1.54, 1.807) is 56.4 Å². The van der Waals surface area contributed by atoms with Crippen LogP contribution in [0.4, 0.5) is 5.69 Å². The molecule has 3 heterocycles. The van der Waals surface area contributed by atoms with E-state index in [2.05, 4.69) is 20.4 Å². The van der Waals surface area contributed by atoms with Gasteiger partial charge in [-0.15, -0.1) is 0 Å². The molecular weight excluding hydrogens is 464 g/mol. The molecule has 1 saturated carbocycles. The molecule has 184 valence electrons. The Morgan fingerprint density at radius 1 is 1.14 bits per heavy atom. The molecule has 0 bridgehead atoms. The van der Waals surface area contributed by atoms with Gasteiger partial charge in [-0.1, -0.05) is 0 Å². The van der Waals surface area contributed by atoms with E-state index in [9.17, 15) is 19.2 Å². The molecule has 4 aromatic rings. The smallest absolute Gasteiger partial charge is 0.358 e. The minimum Gasteiger partial charge on any atom is -0.461 e. The normalized spacial score (nSPS) is 13.1. The van der Waals surface area contributed by atoms with Crippen molar-refractivity contribution >= 4 is 28.6 Å². The third-order valence-electron chi connectivity index (χ3n) is 5.99. The zero-order valence-corrected chi connectivity index (χ0v) is 19.8. The lowest BCUT2D eigenvalue weighted by Crippen LogP contribution is -2.32. The molecule has 0 aliphatic heterocycles. The summed E-state index contributed by atoms with van der Waals surface area (Å²) in [6.45, 7) is 4.07. The van der Waals surface area contributed by atoms with Crippen molar-refractivity contribution in [1.29, 1.82) is 0 Å². The van der Waals surface area contributed by atoms with E-state index in [1.165, 1.54) is 9.25 Å². The van der Waals surface area contributed by atoms with Crippen LogP contribution in [0.25, 0.3) is 16.7 Å². The molecule has 2 N–H and O–H groups in total. The topological polar surface area (TPSA) is 141 Å². The van der Waals surface area contributed by atoms with Crippen molar-refractivity contribution in [1.82, 2.24) is 24.3 Å². The quantitative estimate of drug-likeness (QED) is 0.381. The van der Waals surface area contributed by atoms with E-state index in [1.807, 2.05) is 0 Å². The number of aromatic amines is 1. The lowest BCUT2D eigenvalue weighted by atomic mass is 10.1. The first-order valence-corrected chi connectivity index (χ1v) is 11.7. The molecule has 1 aliphatic carbocycles. The Morgan fingerprint density at radius 2 is 1.89 bits per heavy atom. The highest BCUT2D eigenvalue weighted by molar-refractivity contribution is 6.11. The summed E-state index contributed by atoms with van der Waals surface area (Å²) in [7, 11) is 0. The number of rotatable bonds is 7. The molecule has 0 spiro atoms. The van der Waals surface area contributed by atoms with Gasteiger partial charge in [-0.25, -0.2) is 19.3 Å². The fourth-order valence-corrected chi connectivity index (χ4v) is 4.03. The summed E-state index contributed by atoms with van der Waals surface area (Å²) in [5.41, 5.74) is 1.26. The van der Waals surface area contributed by atoms with Crippen LogP contribution in [0.3, 0.4) is 0 Å². The minimum absolute atomic E-state index is 0.0815. The van der Waals surface area contributed by atoms with Crippen LogP contribution >= 0.6 is 0 Å². The van der Waals surface area contributed by atoms with Crippen molar-refractivity contribution in [3.63, 3.8) is 0 Å². The van der Waals surface area contributed by atoms with Gasteiger partial charge in [0.05, 0.1) is 23.2 Å². The van der Waals surface area contributed by atoms with Gasteiger partial charge in [-0.05, 0) is 63.1 Å². The number of ether oxygens (including phenoxy) is 1. The summed E-state index contributed by atoms with van der Waals surface area (Å²) in [5.74, 6) is -0.764. The lowest BCUT2D eigenvalue weighted by Gasteiger charge is -2.13. The van der Waals surface area contributed by atoms with Crippen molar-refractivity contribution < 1.29 is 14.3 Å². The molecule has 11 heteroatoms. The highest BCUT2D eigenvalue weighted by Crippen LogP contribution is 2.40. The minimum atomic E-state index is -0.647. The Labute approximate surface area is 204 Å². The van der Waals surface area contributed by atoms with Gasteiger partial charge in [-0.3, -0.25) is 19.1 Å².